The van der Waals surface area contributed by atoms with Gasteiger partial charge in [-0.05, 0) is 31.0 Å². The smallest absolute Gasteiger partial charge is 0.358 e. The molecule has 0 unspecified atom stereocenters. The molecule has 3 aromatic rings. The maximum absolute atomic E-state index is 12.0. The van der Waals surface area contributed by atoms with Crippen LogP contribution in [0.3, 0.4) is 0 Å². The second-order valence-electron chi connectivity index (χ2n) is 5.64. The Kier molecular flexibility index (Phi) is 4.75. The molecule has 0 amide bonds. The Bertz CT molecular complexity index is 821. The molecule has 1 heterocycles. The Balaban J connectivity index is 1.99. The highest BCUT2D eigenvalue weighted by atomic mass is 16.5. The number of benzene rings is 2. The average molecular weight is 320 g/mol. The van der Waals surface area contributed by atoms with Crippen LogP contribution in [-0.4, -0.2) is 22.4 Å². The normalized spacial score (nSPS) is 10.6. The summed E-state index contributed by atoms with van der Waals surface area (Å²) in [6.45, 7) is 4.79. The van der Waals surface area contributed by atoms with Crippen LogP contribution in [0.2, 0.25) is 0 Å². The Morgan fingerprint density at radius 2 is 1.79 bits per heavy atom. The first-order chi connectivity index (χ1) is 11.7. The van der Waals surface area contributed by atoms with Crippen LogP contribution in [0.4, 0.5) is 0 Å². The van der Waals surface area contributed by atoms with Crippen LogP contribution in [0.5, 0.6) is 0 Å². The number of aryl methyl sites for hydroxylation is 1. The minimum absolute atomic E-state index is 0.336. The van der Waals surface area contributed by atoms with Crippen molar-refractivity contribution in [2.75, 3.05) is 6.61 Å². The van der Waals surface area contributed by atoms with Gasteiger partial charge in [0.1, 0.15) is 0 Å². The molecule has 0 aliphatic rings. The molecule has 0 saturated carbocycles. The third-order valence-corrected chi connectivity index (χ3v) is 3.79. The zero-order valence-corrected chi connectivity index (χ0v) is 13.9. The van der Waals surface area contributed by atoms with Crippen LogP contribution in [-0.2, 0) is 11.3 Å². The Hall–Kier alpha value is -2.88. The van der Waals surface area contributed by atoms with Gasteiger partial charge >= 0.3 is 5.97 Å². The topological polar surface area (TPSA) is 44.1 Å². The van der Waals surface area contributed by atoms with E-state index >= 15 is 0 Å². The largest absolute Gasteiger partial charge is 0.461 e. The molecule has 0 bridgehead atoms. The summed E-state index contributed by atoms with van der Waals surface area (Å²) in [6, 6.07) is 20.0. The van der Waals surface area contributed by atoms with Crippen LogP contribution >= 0.6 is 0 Å². The van der Waals surface area contributed by atoms with E-state index in [2.05, 4.69) is 36.3 Å². The van der Waals surface area contributed by atoms with E-state index < -0.39 is 5.97 Å². The lowest BCUT2D eigenvalue weighted by Gasteiger charge is -2.08. The van der Waals surface area contributed by atoms with Gasteiger partial charge < -0.3 is 4.74 Å². The number of hydrogen-bond acceptors (Lipinski definition) is 3. The van der Waals surface area contributed by atoms with E-state index in [0.29, 0.717) is 18.8 Å². The summed E-state index contributed by atoms with van der Waals surface area (Å²) in [5, 5.41) is 4.46. The molecule has 0 aliphatic heterocycles. The van der Waals surface area contributed by atoms with Gasteiger partial charge in [-0.1, -0.05) is 60.2 Å². The van der Waals surface area contributed by atoms with Crippen molar-refractivity contribution in [3.8, 4) is 11.3 Å². The van der Waals surface area contributed by atoms with Crippen molar-refractivity contribution >= 4 is 5.97 Å². The molecule has 2 aromatic carbocycles. The van der Waals surface area contributed by atoms with Gasteiger partial charge in [0, 0.05) is 0 Å². The predicted molar refractivity (Wildman–Crippen MR) is 93.9 cm³/mol. The third-order valence-electron chi connectivity index (χ3n) is 3.79. The minimum atomic E-state index is -0.391. The highest BCUT2D eigenvalue weighted by Crippen LogP contribution is 2.22. The van der Waals surface area contributed by atoms with Gasteiger partial charge in [-0.25, -0.2) is 4.79 Å². The van der Waals surface area contributed by atoms with Crippen LogP contribution in [0.1, 0.15) is 28.5 Å². The highest BCUT2D eigenvalue weighted by Gasteiger charge is 2.16. The fourth-order valence-corrected chi connectivity index (χ4v) is 2.55. The van der Waals surface area contributed by atoms with Crippen molar-refractivity contribution in [2.45, 2.75) is 20.4 Å². The standard InChI is InChI=1S/C20H20N2O2/c1-3-24-20(23)18-13-19(17-7-5-4-6-8-17)22(21-18)14-16-11-9-15(2)10-12-16/h4-13H,3,14H2,1-2H3. The van der Waals surface area contributed by atoms with Gasteiger partial charge in [0.25, 0.3) is 0 Å². The van der Waals surface area contributed by atoms with Crippen LogP contribution < -0.4 is 0 Å². The SMILES string of the molecule is CCOC(=O)c1cc(-c2ccccc2)n(Cc2ccc(C)cc2)n1. The van der Waals surface area contributed by atoms with Crippen LogP contribution in [0.15, 0.2) is 60.7 Å². The van der Waals surface area contributed by atoms with Gasteiger partial charge in [-0.3, -0.25) is 4.68 Å². The van der Waals surface area contributed by atoms with Gasteiger partial charge in [0.15, 0.2) is 5.69 Å². The minimum Gasteiger partial charge on any atom is -0.461 e. The van der Waals surface area contributed by atoms with E-state index in [1.807, 2.05) is 35.0 Å². The number of ether oxygens (including phenoxy) is 1. The van der Waals surface area contributed by atoms with E-state index in [1.165, 1.54) is 5.56 Å². The second kappa shape index (κ2) is 7.13. The van der Waals surface area contributed by atoms with Gasteiger partial charge in [-0.15, -0.1) is 0 Å². The van der Waals surface area contributed by atoms with E-state index in [1.54, 1.807) is 13.0 Å². The van der Waals surface area contributed by atoms with E-state index in [9.17, 15) is 4.79 Å². The lowest BCUT2D eigenvalue weighted by Crippen LogP contribution is -2.08. The number of carbonyl (C=O) groups is 1. The van der Waals surface area contributed by atoms with Crippen molar-refractivity contribution in [1.82, 2.24) is 9.78 Å². The van der Waals surface area contributed by atoms with Gasteiger partial charge in [0.05, 0.1) is 18.8 Å². The molecule has 1 aromatic heterocycles. The molecule has 0 fully saturated rings. The van der Waals surface area contributed by atoms with Crippen molar-refractivity contribution in [3.63, 3.8) is 0 Å². The molecule has 24 heavy (non-hydrogen) atoms. The van der Waals surface area contributed by atoms with Crippen LogP contribution in [0, 0.1) is 6.92 Å². The lowest BCUT2D eigenvalue weighted by molar-refractivity contribution is 0.0518. The number of carbonyl (C=O) groups excluding carboxylic acids is 1. The molecule has 0 atom stereocenters. The third kappa shape index (κ3) is 3.54. The van der Waals surface area contributed by atoms with Crippen molar-refractivity contribution in [1.29, 1.82) is 0 Å². The highest BCUT2D eigenvalue weighted by molar-refractivity contribution is 5.88. The monoisotopic (exact) mass is 320 g/mol. The van der Waals surface area contributed by atoms with Crippen molar-refractivity contribution < 1.29 is 9.53 Å². The van der Waals surface area contributed by atoms with E-state index in [-0.39, 0.29) is 0 Å². The molecular formula is C20H20N2O2. The zero-order valence-electron chi connectivity index (χ0n) is 13.9. The first-order valence-corrected chi connectivity index (χ1v) is 8.03. The Morgan fingerprint density at radius 3 is 2.46 bits per heavy atom. The Labute approximate surface area is 141 Å². The average Bonchev–Trinajstić information content (AvgIpc) is 3.02. The predicted octanol–water partition coefficient (Wildman–Crippen LogP) is 4.08. The first-order valence-electron chi connectivity index (χ1n) is 8.03. The van der Waals surface area contributed by atoms with Gasteiger partial charge in [0.2, 0.25) is 0 Å². The summed E-state index contributed by atoms with van der Waals surface area (Å²) in [5.74, 6) is -0.391. The fraction of sp³-hybridized carbons (Fsp3) is 0.200. The Morgan fingerprint density at radius 1 is 1.08 bits per heavy atom. The molecule has 0 saturated heterocycles. The summed E-state index contributed by atoms with van der Waals surface area (Å²) < 4.78 is 6.94. The molecular weight excluding hydrogens is 300 g/mol. The molecule has 0 radical (unpaired) electrons. The lowest BCUT2D eigenvalue weighted by atomic mass is 10.1. The quantitative estimate of drug-likeness (QED) is 0.665. The molecule has 0 N–H and O–H groups in total. The maximum Gasteiger partial charge on any atom is 0.358 e. The number of nitrogens with zero attached hydrogens (tertiary/aromatic N) is 2. The second-order valence-corrected chi connectivity index (χ2v) is 5.64. The number of hydrogen-bond donors (Lipinski definition) is 0. The summed E-state index contributed by atoms with van der Waals surface area (Å²) in [5.41, 5.74) is 4.61. The fourth-order valence-electron chi connectivity index (χ4n) is 2.55. The molecule has 3 rings (SSSR count). The molecule has 0 spiro atoms. The molecule has 4 nitrogen and oxygen atoms in total. The number of esters is 1. The van der Waals surface area contributed by atoms with Crippen molar-refractivity contribution in [2.24, 2.45) is 0 Å². The summed E-state index contributed by atoms with van der Waals surface area (Å²) in [7, 11) is 0. The summed E-state index contributed by atoms with van der Waals surface area (Å²) >= 11 is 0. The van der Waals surface area contributed by atoms with Crippen molar-refractivity contribution in [3.05, 3.63) is 77.5 Å². The molecule has 4 heteroatoms. The number of aromatic nitrogens is 2. The van der Waals surface area contributed by atoms with E-state index in [0.717, 1.165) is 16.8 Å². The maximum atomic E-state index is 12.0. The van der Waals surface area contributed by atoms with E-state index in [4.69, 9.17) is 4.74 Å². The van der Waals surface area contributed by atoms with Gasteiger partial charge in [-0.2, -0.15) is 5.10 Å². The summed E-state index contributed by atoms with van der Waals surface area (Å²) in [4.78, 5) is 12.0. The molecule has 122 valence electrons. The van der Waals surface area contributed by atoms with Crippen LogP contribution in [0.25, 0.3) is 11.3 Å². The zero-order chi connectivity index (χ0) is 16.9. The number of rotatable bonds is 5. The first kappa shape index (κ1) is 16.0. The molecule has 0 aliphatic carbocycles. The summed E-state index contributed by atoms with van der Waals surface area (Å²) in [6.07, 6.45) is 0.